The molecule has 1 N–H and O–H groups in total. The van der Waals surface area contributed by atoms with Crippen molar-refractivity contribution in [1.29, 1.82) is 0 Å². The summed E-state index contributed by atoms with van der Waals surface area (Å²) in [4.78, 5) is 0. The molecule has 0 aliphatic rings. The average Bonchev–Trinajstić information content (AvgIpc) is 2.78. The molecule has 1 aromatic carbocycles. The van der Waals surface area contributed by atoms with Gasteiger partial charge in [-0.3, -0.25) is 0 Å². The molecular weight excluding hydrogens is 394 g/mol. The monoisotopic (exact) mass is 407 g/mol. The molecule has 0 saturated carbocycles. The fraction of sp³-hybridized carbons (Fsp3) is 0.286. The lowest BCUT2D eigenvalue weighted by molar-refractivity contribution is 0.463. The van der Waals surface area contributed by atoms with Gasteiger partial charge in [-0.1, -0.05) is 55.8 Å². The van der Waals surface area contributed by atoms with Gasteiger partial charge in [-0.2, -0.15) is 0 Å². The number of nitrogens with one attached hydrogen (secondary N) is 1. The molecule has 1 unspecified atom stereocenters. The second-order valence-electron chi connectivity index (χ2n) is 4.94. The molecule has 0 amide bonds. The van der Waals surface area contributed by atoms with Gasteiger partial charge in [0, 0.05) is 6.04 Å². The molecule has 21 heavy (non-hydrogen) atoms. The molecule has 0 spiro atoms. The van der Waals surface area contributed by atoms with E-state index in [0.29, 0.717) is 8.81 Å². The maximum Gasteiger partial charge on any atom is 0.250 e. The second kappa shape index (κ2) is 6.79. The van der Waals surface area contributed by atoms with Crippen molar-refractivity contribution in [3.63, 3.8) is 0 Å². The van der Waals surface area contributed by atoms with Crippen molar-refractivity contribution in [2.24, 2.45) is 5.92 Å². The minimum Gasteiger partial charge on any atom is -0.206 e. The Balaban J connectivity index is 2.32. The third-order valence-corrected chi connectivity index (χ3v) is 7.38. The summed E-state index contributed by atoms with van der Waals surface area (Å²) >= 11 is 10.3. The van der Waals surface area contributed by atoms with E-state index < -0.39 is 10.0 Å². The van der Waals surface area contributed by atoms with Gasteiger partial charge in [-0.25, -0.2) is 13.1 Å². The molecule has 3 nitrogen and oxygen atoms in total. The Morgan fingerprint density at radius 3 is 2.33 bits per heavy atom. The minimum atomic E-state index is -3.60. The maximum absolute atomic E-state index is 12.5. The number of rotatable bonds is 5. The third-order valence-electron chi connectivity index (χ3n) is 2.99. The normalized spacial score (nSPS) is 13.6. The van der Waals surface area contributed by atoms with Gasteiger partial charge >= 0.3 is 0 Å². The average molecular weight is 409 g/mol. The molecule has 114 valence electrons. The maximum atomic E-state index is 12.5. The van der Waals surface area contributed by atoms with Crippen LogP contribution in [0.5, 0.6) is 0 Å². The fourth-order valence-corrected chi connectivity index (χ4v) is 5.72. The Hall–Kier alpha value is -0.400. The highest BCUT2D eigenvalue weighted by Crippen LogP contribution is 2.35. The standard InChI is InChI=1S/C14H15BrClNO2S2/c1-9(2)13(10-6-4-3-5-7-10)17-21(18,19)12-8-11(16)14(15)20-12/h3-9,13,17H,1-2H3. The third kappa shape index (κ3) is 4.07. The van der Waals surface area contributed by atoms with E-state index in [-0.39, 0.29) is 16.2 Å². The van der Waals surface area contributed by atoms with E-state index in [4.69, 9.17) is 11.6 Å². The summed E-state index contributed by atoms with van der Waals surface area (Å²) in [7, 11) is -3.60. The summed E-state index contributed by atoms with van der Waals surface area (Å²) in [5.74, 6) is 0.126. The van der Waals surface area contributed by atoms with E-state index in [1.807, 2.05) is 44.2 Å². The van der Waals surface area contributed by atoms with Gasteiger partial charge in [0.1, 0.15) is 4.21 Å². The largest absolute Gasteiger partial charge is 0.250 e. The van der Waals surface area contributed by atoms with E-state index in [1.54, 1.807) is 0 Å². The molecule has 2 aromatic rings. The van der Waals surface area contributed by atoms with E-state index in [1.165, 1.54) is 6.07 Å². The van der Waals surface area contributed by atoms with E-state index in [2.05, 4.69) is 20.7 Å². The lowest BCUT2D eigenvalue weighted by atomic mass is 9.97. The zero-order valence-electron chi connectivity index (χ0n) is 11.5. The Bertz CT molecular complexity index is 694. The van der Waals surface area contributed by atoms with Crippen molar-refractivity contribution in [2.45, 2.75) is 24.1 Å². The summed E-state index contributed by atoms with van der Waals surface area (Å²) in [6.07, 6.45) is 0. The van der Waals surface area contributed by atoms with Gasteiger partial charge < -0.3 is 0 Å². The van der Waals surface area contributed by atoms with Crippen molar-refractivity contribution in [3.05, 3.63) is 50.8 Å². The van der Waals surface area contributed by atoms with Crippen LogP contribution < -0.4 is 4.72 Å². The number of sulfonamides is 1. The summed E-state index contributed by atoms with van der Waals surface area (Å²) in [6.45, 7) is 3.97. The first-order valence-corrected chi connectivity index (χ1v) is 9.80. The van der Waals surface area contributed by atoms with Crippen LogP contribution in [0.15, 0.2) is 44.4 Å². The Morgan fingerprint density at radius 2 is 1.86 bits per heavy atom. The summed E-state index contributed by atoms with van der Waals surface area (Å²) in [6, 6.07) is 10.7. The highest BCUT2D eigenvalue weighted by atomic mass is 79.9. The molecule has 0 fully saturated rings. The molecule has 7 heteroatoms. The smallest absolute Gasteiger partial charge is 0.206 e. The highest BCUT2D eigenvalue weighted by molar-refractivity contribution is 9.11. The number of hydrogen-bond acceptors (Lipinski definition) is 3. The number of benzene rings is 1. The first-order valence-electron chi connectivity index (χ1n) is 6.33. The quantitative estimate of drug-likeness (QED) is 0.769. The first-order chi connectivity index (χ1) is 9.81. The van der Waals surface area contributed by atoms with Crippen molar-refractivity contribution in [1.82, 2.24) is 4.72 Å². The molecule has 1 aromatic heterocycles. The van der Waals surface area contributed by atoms with E-state index >= 15 is 0 Å². The Morgan fingerprint density at radius 1 is 1.24 bits per heavy atom. The minimum absolute atomic E-state index is 0.126. The van der Waals surface area contributed by atoms with Crippen LogP contribution in [0.1, 0.15) is 25.5 Å². The van der Waals surface area contributed by atoms with Crippen molar-refractivity contribution in [2.75, 3.05) is 0 Å². The van der Waals surface area contributed by atoms with E-state index in [9.17, 15) is 8.42 Å². The zero-order valence-corrected chi connectivity index (χ0v) is 15.5. The Labute approximate surface area is 142 Å². The first kappa shape index (κ1) is 17.0. The van der Waals surface area contributed by atoms with Crippen molar-refractivity contribution in [3.8, 4) is 0 Å². The SMILES string of the molecule is CC(C)C(NS(=O)(=O)c1cc(Cl)c(Br)s1)c1ccccc1. The Kier molecular flexibility index (Phi) is 5.48. The number of halogens is 2. The topological polar surface area (TPSA) is 46.2 Å². The molecule has 0 bridgehead atoms. The molecule has 0 aliphatic heterocycles. The summed E-state index contributed by atoms with van der Waals surface area (Å²) in [5, 5.41) is 0.404. The van der Waals surface area contributed by atoms with Gasteiger partial charge in [0.05, 0.1) is 8.81 Å². The van der Waals surface area contributed by atoms with Gasteiger partial charge in [-0.05, 0) is 33.5 Å². The molecule has 2 rings (SSSR count). The van der Waals surface area contributed by atoms with Gasteiger partial charge in [0.2, 0.25) is 0 Å². The lowest BCUT2D eigenvalue weighted by Gasteiger charge is -2.22. The molecular formula is C14H15BrClNO2S2. The van der Waals surface area contributed by atoms with Crippen LogP contribution in [-0.2, 0) is 10.0 Å². The fourth-order valence-electron chi connectivity index (χ4n) is 1.93. The van der Waals surface area contributed by atoms with Crippen molar-refractivity contribution < 1.29 is 8.42 Å². The van der Waals surface area contributed by atoms with Gasteiger partial charge in [0.15, 0.2) is 0 Å². The molecule has 1 heterocycles. The molecule has 0 aliphatic carbocycles. The van der Waals surface area contributed by atoms with Crippen LogP contribution in [0.25, 0.3) is 0 Å². The van der Waals surface area contributed by atoms with Crippen LogP contribution in [0, 0.1) is 5.92 Å². The van der Waals surface area contributed by atoms with Gasteiger partial charge in [0.25, 0.3) is 10.0 Å². The lowest BCUT2D eigenvalue weighted by Crippen LogP contribution is -2.31. The van der Waals surface area contributed by atoms with Crippen LogP contribution >= 0.6 is 38.9 Å². The molecule has 1 atom stereocenters. The highest BCUT2D eigenvalue weighted by Gasteiger charge is 2.25. The van der Waals surface area contributed by atoms with E-state index in [0.717, 1.165) is 16.9 Å². The second-order valence-corrected chi connectivity index (χ2v) is 9.66. The van der Waals surface area contributed by atoms with Crippen LogP contribution in [-0.4, -0.2) is 8.42 Å². The number of thiophene rings is 1. The van der Waals surface area contributed by atoms with Crippen molar-refractivity contribution >= 4 is 48.9 Å². The summed E-state index contributed by atoms with van der Waals surface area (Å²) in [5.41, 5.74) is 0.942. The van der Waals surface area contributed by atoms with Crippen LogP contribution in [0.4, 0.5) is 0 Å². The molecule has 0 radical (unpaired) electrons. The number of hydrogen-bond donors (Lipinski definition) is 1. The predicted octanol–water partition coefficient (Wildman–Crippen LogP) is 4.84. The molecule has 0 saturated heterocycles. The zero-order chi connectivity index (χ0) is 15.6. The summed E-state index contributed by atoms with van der Waals surface area (Å²) < 4.78 is 28.6. The van der Waals surface area contributed by atoms with Gasteiger partial charge in [-0.15, -0.1) is 11.3 Å². The van der Waals surface area contributed by atoms with Crippen LogP contribution in [0.2, 0.25) is 5.02 Å². The van der Waals surface area contributed by atoms with Crippen LogP contribution in [0.3, 0.4) is 0 Å². The predicted molar refractivity (Wildman–Crippen MR) is 91.4 cm³/mol.